The van der Waals surface area contributed by atoms with Gasteiger partial charge in [0.25, 0.3) is 0 Å². The molecule has 1 aliphatic heterocycles. The lowest BCUT2D eigenvalue weighted by atomic mass is 9.97. The van der Waals surface area contributed by atoms with Crippen molar-refractivity contribution in [3.05, 3.63) is 53.9 Å². The van der Waals surface area contributed by atoms with Crippen LogP contribution in [0.4, 0.5) is 5.82 Å². The van der Waals surface area contributed by atoms with E-state index in [1.807, 2.05) is 49.4 Å². The number of piperidine rings is 1. The van der Waals surface area contributed by atoms with Gasteiger partial charge in [-0.1, -0.05) is 30.3 Å². The minimum atomic E-state index is -0.0213. The number of carbonyl (C=O) groups excluding carboxylic acids is 1. The molecule has 0 aliphatic carbocycles. The molecule has 1 amide bonds. The van der Waals surface area contributed by atoms with Gasteiger partial charge in [0, 0.05) is 19.6 Å². The van der Waals surface area contributed by atoms with Crippen LogP contribution in [0, 0.1) is 12.8 Å². The quantitative estimate of drug-likeness (QED) is 0.778. The van der Waals surface area contributed by atoms with Gasteiger partial charge in [-0.2, -0.15) is 4.52 Å². The normalized spacial score (nSPS) is 17.4. The van der Waals surface area contributed by atoms with Gasteiger partial charge in [-0.3, -0.25) is 4.79 Å². The Morgan fingerprint density at radius 3 is 2.88 bits per heavy atom. The van der Waals surface area contributed by atoms with Crippen molar-refractivity contribution < 1.29 is 4.79 Å². The van der Waals surface area contributed by atoms with Crippen molar-refractivity contribution in [1.82, 2.24) is 25.1 Å². The van der Waals surface area contributed by atoms with E-state index in [4.69, 9.17) is 0 Å². The highest BCUT2D eigenvalue weighted by Gasteiger charge is 2.26. The lowest BCUT2D eigenvalue weighted by Crippen LogP contribution is -2.43. The fourth-order valence-corrected chi connectivity index (χ4v) is 3.38. The van der Waals surface area contributed by atoms with Gasteiger partial charge >= 0.3 is 0 Å². The maximum absolute atomic E-state index is 12.6. The first-order valence-electron chi connectivity index (χ1n) is 8.96. The third kappa shape index (κ3) is 3.37. The van der Waals surface area contributed by atoms with Crippen molar-refractivity contribution >= 4 is 17.4 Å². The molecule has 1 aromatic carbocycles. The first-order chi connectivity index (χ1) is 12.7. The number of hydrogen-bond donors (Lipinski definition) is 1. The van der Waals surface area contributed by atoms with Crippen LogP contribution in [-0.4, -0.2) is 38.8 Å². The zero-order valence-electron chi connectivity index (χ0n) is 14.8. The van der Waals surface area contributed by atoms with E-state index in [9.17, 15) is 4.79 Å². The van der Waals surface area contributed by atoms with Gasteiger partial charge in [0.15, 0.2) is 11.5 Å². The fourth-order valence-electron chi connectivity index (χ4n) is 3.38. The average Bonchev–Trinajstić information content (AvgIpc) is 3.07. The molecule has 0 unspecified atom stereocenters. The molecule has 1 aliphatic rings. The molecule has 0 bridgehead atoms. The summed E-state index contributed by atoms with van der Waals surface area (Å²) in [5.41, 5.74) is 1.85. The molecular weight excluding hydrogens is 328 g/mol. The van der Waals surface area contributed by atoms with Gasteiger partial charge in [0.1, 0.15) is 5.82 Å². The molecule has 134 valence electrons. The third-order valence-electron chi connectivity index (χ3n) is 4.83. The maximum Gasteiger partial charge on any atom is 0.225 e. The first kappa shape index (κ1) is 16.5. The summed E-state index contributed by atoms with van der Waals surface area (Å²) in [6.45, 7) is 4.04. The van der Waals surface area contributed by atoms with E-state index in [-0.39, 0.29) is 11.8 Å². The second kappa shape index (κ2) is 7.11. The Morgan fingerprint density at radius 1 is 1.19 bits per heavy atom. The summed E-state index contributed by atoms with van der Waals surface area (Å²) in [5, 5.41) is 15.8. The Labute approximate surface area is 152 Å². The number of fused-ring (bicyclic) bond motifs is 1. The molecular formula is C19H22N6O. The number of aryl methyl sites for hydroxylation is 1. The average molecular weight is 350 g/mol. The van der Waals surface area contributed by atoms with E-state index in [1.165, 1.54) is 0 Å². The van der Waals surface area contributed by atoms with Crippen LogP contribution >= 0.6 is 0 Å². The van der Waals surface area contributed by atoms with Crippen LogP contribution < -0.4 is 10.2 Å². The summed E-state index contributed by atoms with van der Waals surface area (Å²) in [5.74, 6) is 1.71. The van der Waals surface area contributed by atoms with Crippen LogP contribution in [0.15, 0.2) is 42.5 Å². The Bertz CT molecular complexity index is 907. The molecule has 26 heavy (non-hydrogen) atoms. The van der Waals surface area contributed by atoms with Crippen molar-refractivity contribution in [2.75, 3.05) is 18.0 Å². The van der Waals surface area contributed by atoms with Gasteiger partial charge in [0.2, 0.25) is 5.91 Å². The van der Waals surface area contributed by atoms with Crippen LogP contribution in [0.25, 0.3) is 5.65 Å². The first-order valence-corrected chi connectivity index (χ1v) is 8.96. The fraction of sp³-hybridized carbons (Fsp3) is 0.368. The lowest BCUT2D eigenvalue weighted by molar-refractivity contribution is -0.125. The molecule has 7 nitrogen and oxygen atoms in total. The largest absolute Gasteiger partial charge is 0.354 e. The molecule has 7 heteroatoms. The Morgan fingerprint density at radius 2 is 2.04 bits per heavy atom. The SMILES string of the molecule is Cc1nnc2ccc(N3CCC[C@H](C(=O)NCc4ccccc4)C3)nn12. The van der Waals surface area contributed by atoms with Gasteiger partial charge < -0.3 is 10.2 Å². The van der Waals surface area contributed by atoms with Crippen molar-refractivity contribution in [2.24, 2.45) is 5.92 Å². The van der Waals surface area contributed by atoms with Crippen molar-refractivity contribution in [2.45, 2.75) is 26.3 Å². The van der Waals surface area contributed by atoms with E-state index in [1.54, 1.807) is 4.52 Å². The maximum atomic E-state index is 12.6. The van der Waals surface area contributed by atoms with E-state index in [2.05, 4.69) is 25.5 Å². The predicted molar refractivity (Wildman–Crippen MR) is 98.7 cm³/mol. The number of aromatic nitrogens is 4. The summed E-state index contributed by atoms with van der Waals surface area (Å²) in [6.07, 6.45) is 1.88. The summed E-state index contributed by atoms with van der Waals surface area (Å²) in [6, 6.07) is 13.9. The van der Waals surface area contributed by atoms with Gasteiger partial charge in [-0.05, 0) is 37.5 Å². The van der Waals surface area contributed by atoms with Crippen molar-refractivity contribution in [1.29, 1.82) is 0 Å². The Hall–Kier alpha value is -2.96. The second-order valence-electron chi connectivity index (χ2n) is 6.70. The zero-order chi connectivity index (χ0) is 17.9. The highest BCUT2D eigenvalue weighted by atomic mass is 16.1. The molecule has 1 saturated heterocycles. The molecule has 0 spiro atoms. The third-order valence-corrected chi connectivity index (χ3v) is 4.83. The van der Waals surface area contributed by atoms with Crippen LogP contribution in [0.1, 0.15) is 24.2 Å². The number of rotatable bonds is 4. The number of anilines is 1. The molecule has 1 atom stereocenters. The number of nitrogens with one attached hydrogen (secondary N) is 1. The number of nitrogens with zero attached hydrogens (tertiary/aromatic N) is 5. The van der Waals surface area contributed by atoms with E-state index in [0.717, 1.165) is 42.2 Å². The molecule has 2 aromatic heterocycles. The number of benzene rings is 1. The molecule has 3 aromatic rings. The molecule has 4 rings (SSSR count). The van der Waals surface area contributed by atoms with Crippen LogP contribution in [-0.2, 0) is 11.3 Å². The number of amides is 1. The predicted octanol–water partition coefficient (Wildman–Crippen LogP) is 1.97. The summed E-state index contributed by atoms with van der Waals surface area (Å²) in [7, 11) is 0. The highest BCUT2D eigenvalue weighted by molar-refractivity contribution is 5.79. The van der Waals surface area contributed by atoms with Gasteiger partial charge in [0.05, 0.1) is 5.92 Å². The summed E-state index contributed by atoms with van der Waals surface area (Å²) >= 11 is 0. The highest BCUT2D eigenvalue weighted by Crippen LogP contribution is 2.22. The van der Waals surface area contributed by atoms with Crippen LogP contribution in [0.5, 0.6) is 0 Å². The smallest absolute Gasteiger partial charge is 0.225 e. The Kier molecular flexibility index (Phi) is 4.51. The van der Waals surface area contributed by atoms with Gasteiger partial charge in [-0.15, -0.1) is 15.3 Å². The Balaban J connectivity index is 1.42. The van der Waals surface area contributed by atoms with E-state index < -0.39 is 0 Å². The summed E-state index contributed by atoms with van der Waals surface area (Å²) in [4.78, 5) is 14.8. The summed E-state index contributed by atoms with van der Waals surface area (Å²) < 4.78 is 1.74. The second-order valence-corrected chi connectivity index (χ2v) is 6.70. The monoisotopic (exact) mass is 350 g/mol. The molecule has 1 N–H and O–H groups in total. The topological polar surface area (TPSA) is 75.4 Å². The van der Waals surface area contributed by atoms with E-state index in [0.29, 0.717) is 13.1 Å². The van der Waals surface area contributed by atoms with Crippen molar-refractivity contribution in [3.8, 4) is 0 Å². The van der Waals surface area contributed by atoms with Crippen LogP contribution in [0.2, 0.25) is 0 Å². The lowest BCUT2D eigenvalue weighted by Gasteiger charge is -2.32. The van der Waals surface area contributed by atoms with Crippen molar-refractivity contribution in [3.63, 3.8) is 0 Å². The number of carbonyl (C=O) groups is 1. The van der Waals surface area contributed by atoms with Crippen LogP contribution in [0.3, 0.4) is 0 Å². The standard InChI is InChI=1S/C19H22N6O/c1-14-21-22-17-9-10-18(23-25(14)17)24-11-5-8-16(13-24)19(26)20-12-15-6-3-2-4-7-15/h2-4,6-7,9-10,16H,5,8,11-13H2,1H3,(H,20,26)/t16-/m0/s1. The molecule has 0 saturated carbocycles. The van der Waals surface area contributed by atoms with E-state index >= 15 is 0 Å². The zero-order valence-corrected chi connectivity index (χ0v) is 14.8. The molecule has 1 fully saturated rings. The minimum Gasteiger partial charge on any atom is -0.354 e. The minimum absolute atomic E-state index is 0.0213. The van der Waals surface area contributed by atoms with Gasteiger partial charge in [-0.25, -0.2) is 0 Å². The molecule has 3 heterocycles. The molecule has 0 radical (unpaired) electrons. The number of hydrogen-bond acceptors (Lipinski definition) is 5.